The average molecular weight is 216 g/mol. The molecule has 2 rings (SSSR count). The minimum absolute atomic E-state index is 0.0919. The number of hydrogen-bond acceptors (Lipinski definition) is 2. The molecule has 0 amide bonds. The highest BCUT2D eigenvalue weighted by molar-refractivity contribution is 5.18. The summed E-state index contributed by atoms with van der Waals surface area (Å²) in [6, 6.07) is 0.0919. The zero-order valence-electron chi connectivity index (χ0n) is 8.37. The molecule has 3 nitrogen and oxygen atoms in total. The van der Waals surface area contributed by atoms with Gasteiger partial charge in [0.1, 0.15) is 5.69 Å². The molecule has 1 saturated carbocycles. The molecule has 1 heterocycles. The molecule has 5 heteroatoms. The maximum absolute atomic E-state index is 12.8. The first-order valence-corrected chi connectivity index (χ1v) is 5.19. The minimum Gasteiger partial charge on any atom is -0.392 e. The van der Waals surface area contributed by atoms with Crippen LogP contribution in [0, 0.1) is 0 Å². The van der Waals surface area contributed by atoms with Gasteiger partial charge in [-0.2, -0.15) is 5.10 Å². The van der Waals surface area contributed by atoms with Crippen molar-refractivity contribution in [1.29, 1.82) is 0 Å². The Morgan fingerprint density at radius 1 is 1.47 bits per heavy atom. The van der Waals surface area contributed by atoms with E-state index in [4.69, 9.17) is 5.11 Å². The monoisotopic (exact) mass is 216 g/mol. The lowest BCUT2D eigenvalue weighted by atomic mass is 10.2. The van der Waals surface area contributed by atoms with Gasteiger partial charge in [-0.05, 0) is 12.8 Å². The molecule has 0 bridgehead atoms. The number of rotatable bonds is 3. The van der Waals surface area contributed by atoms with Crippen LogP contribution in [0.25, 0.3) is 0 Å². The zero-order chi connectivity index (χ0) is 10.8. The number of alkyl halides is 2. The van der Waals surface area contributed by atoms with E-state index in [-0.39, 0.29) is 23.9 Å². The Morgan fingerprint density at radius 3 is 2.67 bits per heavy atom. The molecular weight excluding hydrogens is 202 g/mol. The van der Waals surface area contributed by atoms with E-state index in [9.17, 15) is 8.78 Å². The summed E-state index contributed by atoms with van der Waals surface area (Å²) in [6.45, 7) is -0.369. The van der Waals surface area contributed by atoms with Crippen LogP contribution in [-0.4, -0.2) is 14.9 Å². The first kappa shape index (κ1) is 10.5. The van der Waals surface area contributed by atoms with Crippen LogP contribution in [0.1, 0.15) is 49.4 Å². The fraction of sp³-hybridized carbons (Fsp3) is 0.700. The van der Waals surface area contributed by atoms with E-state index in [0.717, 1.165) is 25.7 Å². The van der Waals surface area contributed by atoms with Gasteiger partial charge in [0.15, 0.2) is 0 Å². The van der Waals surface area contributed by atoms with E-state index < -0.39 is 6.43 Å². The highest BCUT2D eigenvalue weighted by Gasteiger charge is 2.26. The predicted molar refractivity (Wildman–Crippen MR) is 50.6 cm³/mol. The van der Waals surface area contributed by atoms with Crippen molar-refractivity contribution in [3.05, 3.63) is 17.5 Å². The molecule has 0 radical (unpaired) electrons. The van der Waals surface area contributed by atoms with Crippen LogP contribution in [0.2, 0.25) is 0 Å². The normalized spacial score (nSPS) is 17.9. The van der Waals surface area contributed by atoms with E-state index in [0.29, 0.717) is 0 Å². The Bertz CT molecular complexity index is 332. The molecule has 1 aliphatic rings. The summed E-state index contributed by atoms with van der Waals surface area (Å²) in [7, 11) is 0. The van der Waals surface area contributed by atoms with Crippen molar-refractivity contribution in [2.75, 3.05) is 0 Å². The molecule has 1 aromatic rings. The van der Waals surface area contributed by atoms with Gasteiger partial charge in [-0.3, -0.25) is 4.68 Å². The third-order valence-electron chi connectivity index (χ3n) is 2.96. The average Bonchev–Trinajstić information content (AvgIpc) is 2.85. The van der Waals surface area contributed by atoms with Crippen molar-refractivity contribution in [1.82, 2.24) is 9.78 Å². The molecule has 1 N–H and O–H groups in total. The second kappa shape index (κ2) is 4.26. The lowest BCUT2D eigenvalue weighted by Crippen LogP contribution is -2.11. The number of aliphatic hydroxyl groups is 1. The molecule has 0 spiro atoms. The molecule has 0 unspecified atom stereocenters. The zero-order valence-corrected chi connectivity index (χ0v) is 8.37. The Kier molecular flexibility index (Phi) is 3.00. The van der Waals surface area contributed by atoms with Crippen molar-refractivity contribution in [3.63, 3.8) is 0 Å². The molecule has 0 atom stereocenters. The van der Waals surface area contributed by atoms with Gasteiger partial charge in [-0.1, -0.05) is 12.8 Å². The van der Waals surface area contributed by atoms with Gasteiger partial charge < -0.3 is 5.11 Å². The SMILES string of the molecule is OCc1cnn(C2CCCC2)c1C(F)F. The molecule has 84 valence electrons. The minimum atomic E-state index is -2.56. The van der Waals surface area contributed by atoms with Crippen LogP contribution in [-0.2, 0) is 6.61 Å². The van der Waals surface area contributed by atoms with E-state index in [1.165, 1.54) is 10.9 Å². The summed E-state index contributed by atoms with van der Waals surface area (Å²) in [5, 5.41) is 12.9. The molecule has 0 saturated heterocycles. The summed E-state index contributed by atoms with van der Waals surface area (Å²) in [5.74, 6) is 0. The van der Waals surface area contributed by atoms with Crippen LogP contribution in [0.4, 0.5) is 8.78 Å². The van der Waals surface area contributed by atoms with Crippen molar-refractivity contribution in [3.8, 4) is 0 Å². The lowest BCUT2D eigenvalue weighted by Gasteiger charge is -2.14. The third-order valence-corrected chi connectivity index (χ3v) is 2.96. The number of halogens is 2. The largest absolute Gasteiger partial charge is 0.392 e. The van der Waals surface area contributed by atoms with E-state index in [2.05, 4.69) is 5.10 Å². The molecule has 0 aromatic carbocycles. The Hall–Kier alpha value is -0.970. The van der Waals surface area contributed by atoms with Gasteiger partial charge in [0.25, 0.3) is 6.43 Å². The van der Waals surface area contributed by atoms with Gasteiger partial charge in [-0.15, -0.1) is 0 Å². The fourth-order valence-corrected chi connectivity index (χ4v) is 2.21. The summed E-state index contributed by atoms with van der Waals surface area (Å²) in [4.78, 5) is 0. The quantitative estimate of drug-likeness (QED) is 0.842. The topological polar surface area (TPSA) is 38.1 Å². The van der Waals surface area contributed by atoms with Crippen molar-refractivity contribution in [2.24, 2.45) is 0 Å². The summed E-state index contributed by atoms with van der Waals surface area (Å²) < 4.78 is 27.0. The third kappa shape index (κ3) is 1.88. The van der Waals surface area contributed by atoms with Crippen LogP contribution in [0.3, 0.4) is 0 Å². The Balaban J connectivity index is 2.33. The van der Waals surface area contributed by atoms with Crippen LogP contribution >= 0.6 is 0 Å². The molecule has 1 aromatic heterocycles. The second-order valence-electron chi connectivity index (χ2n) is 3.90. The molecule has 0 aliphatic heterocycles. The first-order valence-electron chi connectivity index (χ1n) is 5.19. The fourth-order valence-electron chi connectivity index (χ4n) is 2.21. The van der Waals surface area contributed by atoms with Gasteiger partial charge in [0, 0.05) is 5.56 Å². The van der Waals surface area contributed by atoms with Crippen LogP contribution < -0.4 is 0 Å². The van der Waals surface area contributed by atoms with Gasteiger partial charge in [-0.25, -0.2) is 8.78 Å². The summed E-state index contributed by atoms with van der Waals surface area (Å²) in [6.07, 6.45) is 2.75. The highest BCUT2D eigenvalue weighted by Crippen LogP contribution is 2.33. The van der Waals surface area contributed by atoms with Crippen molar-refractivity contribution >= 4 is 0 Å². The molecule has 15 heavy (non-hydrogen) atoms. The molecule has 1 fully saturated rings. The standard InChI is InChI=1S/C10H14F2N2O/c11-10(12)9-7(6-15)5-13-14(9)8-3-1-2-4-8/h5,8,10,15H,1-4,6H2. The van der Waals surface area contributed by atoms with E-state index in [1.54, 1.807) is 0 Å². The summed E-state index contributed by atoms with van der Waals surface area (Å²) >= 11 is 0. The van der Waals surface area contributed by atoms with Crippen LogP contribution in [0.5, 0.6) is 0 Å². The number of hydrogen-bond donors (Lipinski definition) is 1. The maximum Gasteiger partial charge on any atom is 0.280 e. The second-order valence-corrected chi connectivity index (χ2v) is 3.90. The Labute approximate surface area is 86.7 Å². The Morgan fingerprint density at radius 2 is 2.13 bits per heavy atom. The number of aliphatic hydroxyl groups excluding tert-OH is 1. The van der Waals surface area contributed by atoms with Crippen molar-refractivity contribution < 1.29 is 13.9 Å². The van der Waals surface area contributed by atoms with Gasteiger partial charge in [0.05, 0.1) is 18.8 Å². The molecule has 1 aliphatic carbocycles. The lowest BCUT2D eigenvalue weighted by molar-refractivity contribution is 0.132. The van der Waals surface area contributed by atoms with Crippen LogP contribution in [0.15, 0.2) is 6.20 Å². The number of aromatic nitrogens is 2. The van der Waals surface area contributed by atoms with Crippen molar-refractivity contribution in [2.45, 2.75) is 44.8 Å². The number of nitrogens with zero attached hydrogens (tertiary/aromatic N) is 2. The van der Waals surface area contributed by atoms with E-state index >= 15 is 0 Å². The van der Waals surface area contributed by atoms with E-state index in [1.807, 2.05) is 0 Å². The first-order chi connectivity index (χ1) is 7.24. The highest BCUT2D eigenvalue weighted by atomic mass is 19.3. The molecular formula is C10H14F2N2O. The van der Waals surface area contributed by atoms with Gasteiger partial charge in [0.2, 0.25) is 0 Å². The summed E-state index contributed by atoms with van der Waals surface area (Å²) in [5.41, 5.74) is 0.140. The smallest absolute Gasteiger partial charge is 0.280 e. The predicted octanol–water partition coefficient (Wildman–Crippen LogP) is 2.43. The maximum atomic E-state index is 12.8. The van der Waals surface area contributed by atoms with Gasteiger partial charge >= 0.3 is 0 Å².